The Hall–Kier alpha value is -1.80. The Kier molecular flexibility index (Phi) is 7.87. The van der Waals surface area contributed by atoms with E-state index in [4.69, 9.17) is 49.0 Å². The number of benzene rings is 2. The number of hydrogen-bond acceptors (Lipinski definition) is 5. The maximum Gasteiger partial charge on any atom is 0.215 e. The van der Waals surface area contributed by atoms with Crippen molar-refractivity contribution >= 4 is 34.8 Å². The standard InChI is InChI=1S/C26H28Cl3N3O3/c27-20-5-7-25(19(12-20)14-31-9-2-1-3-10-31)33-15-22-16-34-26(35-22,17-32-11-8-30-18-32)23-6-4-21(28)13-24(23)29/h4-8,11-13,18,22H,1-3,9-10,14-17H2. The first kappa shape index (κ1) is 24.9. The van der Waals surface area contributed by atoms with E-state index in [2.05, 4.69) is 9.88 Å². The molecule has 2 saturated heterocycles. The van der Waals surface area contributed by atoms with Gasteiger partial charge in [-0.05, 0) is 56.3 Å². The molecule has 2 aliphatic rings. The van der Waals surface area contributed by atoms with E-state index in [1.807, 2.05) is 35.0 Å². The number of likely N-dealkylation sites (tertiary alicyclic amines) is 1. The average molecular weight is 537 g/mol. The van der Waals surface area contributed by atoms with Crippen molar-refractivity contribution in [2.24, 2.45) is 0 Å². The molecule has 3 aromatic rings. The van der Waals surface area contributed by atoms with E-state index in [0.717, 1.165) is 36.5 Å². The van der Waals surface area contributed by atoms with Crippen molar-refractivity contribution in [3.63, 3.8) is 0 Å². The number of ether oxygens (including phenoxy) is 3. The van der Waals surface area contributed by atoms with Crippen LogP contribution in [0.4, 0.5) is 0 Å². The molecule has 0 aliphatic carbocycles. The number of hydrogen-bond donors (Lipinski definition) is 0. The van der Waals surface area contributed by atoms with Gasteiger partial charge < -0.3 is 18.8 Å². The second kappa shape index (κ2) is 11.1. The van der Waals surface area contributed by atoms with E-state index >= 15 is 0 Å². The van der Waals surface area contributed by atoms with Crippen molar-refractivity contribution in [3.8, 4) is 5.75 Å². The van der Waals surface area contributed by atoms with Crippen LogP contribution in [0.1, 0.15) is 30.4 Å². The molecule has 0 saturated carbocycles. The number of imidazole rings is 1. The molecule has 9 heteroatoms. The maximum atomic E-state index is 6.57. The van der Waals surface area contributed by atoms with Crippen LogP contribution in [0, 0.1) is 0 Å². The van der Waals surface area contributed by atoms with Crippen LogP contribution in [0.15, 0.2) is 55.1 Å². The second-order valence-corrected chi connectivity index (χ2v) is 10.3. The summed E-state index contributed by atoms with van der Waals surface area (Å²) >= 11 is 19.0. The first-order valence-corrected chi connectivity index (χ1v) is 13.0. The Bertz CT molecular complexity index is 1140. The summed E-state index contributed by atoms with van der Waals surface area (Å²) < 4.78 is 21.0. The van der Waals surface area contributed by atoms with Gasteiger partial charge in [0.15, 0.2) is 0 Å². The van der Waals surface area contributed by atoms with Crippen molar-refractivity contribution < 1.29 is 14.2 Å². The van der Waals surface area contributed by atoms with Crippen molar-refractivity contribution in [1.29, 1.82) is 0 Å². The largest absolute Gasteiger partial charge is 0.490 e. The van der Waals surface area contributed by atoms with E-state index in [1.165, 1.54) is 19.3 Å². The van der Waals surface area contributed by atoms with Gasteiger partial charge in [-0.25, -0.2) is 4.98 Å². The minimum Gasteiger partial charge on any atom is -0.490 e. The van der Waals surface area contributed by atoms with Crippen molar-refractivity contribution in [3.05, 3.63) is 81.3 Å². The fourth-order valence-electron chi connectivity index (χ4n) is 4.73. The van der Waals surface area contributed by atoms with E-state index in [0.29, 0.717) is 34.8 Å². The SMILES string of the molecule is Clc1ccc(C2(Cn3ccnc3)OCC(COc3ccc(Cl)cc3CN3CCCCC3)O2)c(Cl)c1. The molecule has 186 valence electrons. The molecule has 1 aromatic heterocycles. The second-order valence-electron chi connectivity index (χ2n) is 9.06. The summed E-state index contributed by atoms with van der Waals surface area (Å²) in [5, 5.41) is 1.75. The van der Waals surface area contributed by atoms with Crippen molar-refractivity contribution in [1.82, 2.24) is 14.5 Å². The molecule has 2 aromatic carbocycles. The van der Waals surface area contributed by atoms with Gasteiger partial charge in [-0.3, -0.25) is 4.90 Å². The molecule has 5 rings (SSSR count). The smallest absolute Gasteiger partial charge is 0.215 e. The summed E-state index contributed by atoms with van der Waals surface area (Å²) in [6.07, 6.45) is 8.78. The summed E-state index contributed by atoms with van der Waals surface area (Å²) in [5.74, 6) is -0.257. The average Bonchev–Trinajstić information content (AvgIpc) is 3.50. The van der Waals surface area contributed by atoms with Gasteiger partial charge in [0.2, 0.25) is 5.79 Å². The van der Waals surface area contributed by atoms with E-state index in [9.17, 15) is 0 Å². The number of nitrogens with zero attached hydrogens (tertiary/aromatic N) is 3. The highest BCUT2D eigenvalue weighted by molar-refractivity contribution is 6.35. The molecule has 3 heterocycles. The van der Waals surface area contributed by atoms with Gasteiger partial charge in [0.25, 0.3) is 0 Å². The molecular formula is C26H28Cl3N3O3. The molecular weight excluding hydrogens is 509 g/mol. The topological polar surface area (TPSA) is 48.8 Å². The third-order valence-electron chi connectivity index (χ3n) is 6.44. The zero-order valence-corrected chi connectivity index (χ0v) is 21.6. The fraction of sp³-hybridized carbons (Fsp3) is 0.423. The molecule has 0 amide bonds. The molecule has 6 nitrogen and oxygen atoms in total. The highest BCUT2D eigenvalue weighted by Gasteiger charge is 2.45. The van der Waals surface area contributed by atoms with Crippen LogP contribution in [-0.4, -0.2) is 46.9 Å². The number of piperidine rings is 1. The van der Waals surface area contributed by atoms with Gasteiger partial charge >= 0.3 is 0 Å². The summed E-state index contributed by atoms with van der Waals surface area (Å²) in [6, 6.07) is 11.1. The Balaban J connectivity index is 1.31. The van der Waals surface area contributed by atoms with Crippen LogP contribution < -0.4 is 4.74 Å². The van der Waals surface area contributed by atoms with Gasteiger partial charge in [0.05, 0.1) is 24.5 Å². The highest BCUT2D eigenvalue weighted by atomic mass is 35.5. The van der Waals surface area contributed by atoms with Gasteiger partial charge in [0.1, 0.15) is 18.5 Å². The molecule has 0 bridgehead atoms. The molecule has 2 unspecified atom stereocenters. The Morgan fingerprint density at radius 2 is 1.83 bits per heavy atom. The predicted molar refractivity (Wildman–Crippen MR) is 137 cm³/mol. The molecule has 2 fully saturated rings. The van der Waals surface area contributed by atoms with Gasteiger partial charge in [-0.1, -0.05) is 47.3 Å². The zero-order valence-electron chi connectivity index (χ0n) is 19.3. The monoisotopic (exact) mass is 535 g/mol. The van der Waals surface area contributed by atoms with Gasteiger partial charge in [-0.15, -0.1) is 0 Å². The fourth-order valence-corrected chi connectivity index (χ4v) is 5.48. The first-order valence-electron chi connectivity index (χ1n) is 11.9. The molecule has 0 radical (unpaired) electrons. The van der Waals surface area contributed by atoms with Crippen LogP contribution in [-0.2, 0) is 28.4 Å². The molecule has 2 aliphatic heterocycles. The highest BCUT2D eigenvalue weighted by Crippen LogP contribution is 2.40. The van der Waals surface area contributed by atoms with Crippen molar-refractivity contribution in [2.75, 3.05) is 26.3 Å². The lowest BCUT2D eigenvalue weighted by Crippen LogP contribution is -2.34. The van der Waals surface area contributed by atoms with Crippen LogP contribution in [0.3, 0.4) is 0 Å². The lowest BCUT2D eigenvalue weighted by atomic mass is 10.1. The number of halogens is 3. The molecule has 0 spiro atoms. The van der Waals surface area contributed by atoms with E-state index in [-0.39, 0.29) is 6.10 Å². The van der Waals surface area contributed by atoms with E-state index < -0.39 is 5.79 Å². The van der Waals surface area contributed by atoms with Crippen molar-refractivity contribution in [2.45, 2.75) is 44.2 Å². The quantitative estimate of drug-likeness (QED) is 0.344. The first-order chi connectivity index (χ1) is 17.0. The minimum atomic E-state index is -1.08. The molecule has 0 N–H and O–H groups in total. The van der Waals surface area contributed by atoms with E-state index in [1.54, 1.807) is 24.7 Å². The Morgan fingerprint density at radius 3 is 2.60 bits per heavy atom. The summed E-state index contributed by atoms with van der Waals surface area (Å²) in [5.41, 5.74) is 1.81. The van der Waals surface area contributed by atoms with Crippen LogP contribution in [0.2, 0.25) is 15.1 Å². The summed E-state index contributed by atoms with van der Waals surface area (Å²) in [7, 11) is 0. The third kappa shape index (κ3) is 5.96. The minimum absolute atomic E-state index is 0.288. The lowest BCUT2D eigenvalue weighted by molar-refractivity contribution is -0.189. The summed E-state index contributed by atoms with van der Waals surface area (Å²) in [4.78, 5) is 6.60. The third-order valence-corrected chi connectivity index (χ3v) is 7.22. The van der Waals surface area contributed by atoms with Crippen LogP contribution >= 0.6 is 34.8 Å². The normalized spacial score (nSPS) is 23.0. The Morgan fingerprint density at radius 1 is 1.03 bits per heavy atom. The number of rotatable bonds is 8. The predicted octanol–water partition coefficient (Wildman–Crippen LogP) is 6.18. The molecule has 35 heavy (non-hydrogen) atoms. The maximum absolute atomic E-state index is 6.57. The van der Waals surface area contributed by atoms with Gasteiger partial charge in [0, 0.05) is 40.1 Å². The zero-order chi connectivity index (χ0) is 24.3. The summed E-state index contributed by atoms with van der Waals surface area (Å²) in [6.45, 7) is 4.12. The van der Waals surface area contributed by atoms with Crippen LogP contribution in [0.25, 0.3) is 0 Å². The number of aromatic nitrogens is 2. The van der Waals surface area contributed by atoms with Crippen LogP contribution in [0.5, 0.6) is 5.75 Å². The molecule has 2 atom stereocenters. The van der Waals surface area contributed by atoms with Gasteiger partial charge in [-0.2, -0.15) is 0 Å². The Labute approximate surface area is 220 Å². The lowest BCUT2D eigenvalue weighted by Gasteiger charge is -2.30.